The predicted octanol–water partition coefficient (Wildman–Crippen LogP) is 6.50. The predicted molar refractivity (Wildman–Crippen MR) is 145 cm³/mol. The van der Waals surface area contributed by atoms with E-state index in [-0.39, 0.29) is 11.7 Å². The molecule has 35 heavy (non-hydrogen) atoms. The number of carbonyl (C=O) groups is 1. The number of nitrogens with zero attached hydrogens (tertiary/aromatic N) is 4. The molecule has 5 aromatic rings. The average Bonchev–Trinajstić information content (AvgIpc) is 3.58. The second kappa shape index (κ2) is 9.81. The zero-order chi connectivity index (χ0) is 23.8. The standard InChI is InChI=1S/C25H20ClN5OS3/c26-16-9-11-17(12-10-16)27-20(32)14-34-25-30-29-22-21-18-7-4-8-19(18)35-23(21)28-24(31(22)25)33-13-15-5-2-1-3-6-15/h1-3,5-6,9-12H,4,7-8,13-14H2,(H,27,32). The number of carbonyl (C=O) groups excluding carboxylic acids is 1. The van der Waals surface area contributed by atoms with Crippen LogP contribution in [-0.4, -0.2) is 31.2 Å². The Kier molecular flexibility index (Phi) is 6.40. The highest BCUT2D eigenvalue weighted by Gasteiger charge is 2.25. The first-order valence-corrected chi connectivity index (χ1v) is 14.4. The van der Waals surface area contributed by atoms with E-state index < -0.39 is 0 Å². The van der Waals surface area contributed by atoms with E-state index in [0.29, 0.717) is 15.9 Å². The molecule has 0 fully saturated rings. The lowest BCUT2D eigenvalue weighted by molar-refractivity contribution is -0.113. The second-order valence-corrected chi connectivity index (χ2v) is 11.6. The van der Waals surface area contributed by atoms with Crippen molar-refractivity contribution in [3.05, 3.63) is 75.6 Å². The third-order valence-corrected chi connectivity index (χ3v) is 9.20. The molecule has 0 aliphatic heterocycles. The first kappa shape index (κ1) is 22.8. The van der Waals surface area contributed by atoms with Crippen molar-refractivity contribution >= 4 is 73.9 Å². The molecule has 0 atom stereocenters. The Morgan fingerprint density at radius 3 is 2.69 bits per heavy atom. The van der Waals surface area contributed by atoms with E-state index in [0.717, 1.165) is 39.6 Å². The second-order valence-electron chi connectivity index (χ2n) is 8.19. The normalized spacial score (nSPS) is 12.9. The largest absolute Gasteiger partial charge is 0.325 e. The molecular formula is C25H20ClN5OS3. The number of anilines is 1. The molecule has 0 saturated carbocycles. The summed E-state index contributed by atoms with van der Waals surface area (Å²) in [7, 11) is 0. The van der Waals surface area contributed by atoms with Gasteiger partial charge in [0.05, 0.1) is 11.1 Å². The van der Waals surface area contributed by atoms with Crippen LogP contribution in [0.25, 0.3) is 15.9 Å². The van der Waals surface area contributed by atoms with E-state index in [1.165, 1.54) is 34.2 Å². The van der Waals surface area contributed by atoms with Gasteiger partial charge in [-0.15, -0.1) is 21.5 Å². The van der Waals surface area contributed by atoms with Crippen LogP contribution in [-0.2, 0) is 23.4 Å². The van der Waals surface area contributed by atoms with Crippen molar-refractivity contribution in [3.63, 3.8) is 0 Å². The Hall–Kier alpha value is -2.59. The van der Waals surface area contributed by atoms with E-state index in [1.807, 2.05) is 22.6 Å². The number of hydrogen-bond acceptors (Lipinski definition) is 7. The number of thiophene rings is 1. The van der Waals surface area contributed by atoms with Crippen molar-refractivity contribution in [1.82, 2.24) is 19.6 Å². The summed E-state index contributed by atoms with van der Waals surface area (Å²) in [5.74, 6) is 0.892. The summed E-state index contributed by atoms with van der Waals surface area (Å²) >= 11 is 10.8. The third-order valence-electron chi connectivity index (χ3n) is 5.82. The van der Waals surface area contributed by atoms with Gasteiger partial charge in [-0.25, -0.2) is 9.38 Å². The van der Waals surface area contributed by atoms with E-state index in [2.05, 4.69) is 27.6 Å². The van der Waals surface area contributed by atoms with E-state index in [4.69, 9.17) is 16.6 Å². The van der Waals surface area contributed by atoms with Gasteiger partial charge in [-0.1, -0.05) is 65.5 Å². The van der Waals surface area contributed by atoms with Crippen molar-refractivity contribution in [3.8, 4) is 0 Å². The van der Waals surface area contributed by atoms with Crippen molar-refractivity contribution in [1.29, 1.82) is 0 Å². The molecule has 6 rings (SSSR count). The van der Waals surface area contributed by atoms with Gasteiger partial charge in [0.2, 0.25) is 5.91 Å². The average molecular weight is 538 g/mol. The van der Waals surface area contributed by atoms with E-state index >= 15 is 0 Å². The van der Waals surface area contributed by atoms with Gasteiger partial charge >= 0.3 is 0 Å². The van der Waals surface area contributed by atoms with Crippen LogP contribution < -0.4 is 5.32 Å². The quantitative estimate of drug-likeness (QED) is 0.188. The summed E-state index contributed by atoms with van der Waals surface area (Å²) < 4.78 is 2.03. The number of benzene rings is 2. The summed E-state index contributed by atoms with van der Waals surface area (Å²) in [4.78, 5) is 20.1. The molecular weight excluding hydrogens is 518 g/mol. The van der Waals surface area contributed by atoms with Crippen molar-refractivity contribution in [2.75, 3.05) is 11.1 Å². The summed E-state index contributed by atoms with van der Waals surface area (Å²) in [5, 5.41) is 15.3. The minimum atomic E-state index is -0.113. The van der Waals surface area contributed by atoms with E-state index in [1.54, 1.807) is 47.4 Å². The highest BCUT2D eigenvalue weighted by molar-refractivity contribution is 8.00. The first-order valence-electron chi connectivity index (χ1n) is 11.2. The molecule has 10 heteroatoms. The number of thioether (sulfide) groups is 2. The van der Waals surface area contributed by atoms with Gasteiger partial charge in [-0.2, -0.15) is 0 Å². The van der Waals surface area contributed by atoms with Gasteiger partial charge in [0.15, 0.2) is 16.0 Å². The zero-order valence-electron chi connectivity index (χ0n) is 18.5. The van der Waals surface area contributed by atoms with Gasteiger partial charge in [0, 0.05) is 21.3 Å². The minimum absolute atomic E-state index is 0.113. The molecule has 1 aliphatic rings. The van der Waals surface area contributed by atoms with Gasteiger partial charge < -0.3 is 5.32 Å². The van der Waals surface area contributed by atoms with Crippen molar-refractivity contribution in [2.24, 2.45) is 0 Å². The number of halogens is 1. The molecule has 176 valence electrons. The number of aryl methyl sites for hydroxylation is 2. The highest BCUT2D eigenvalue weighted by Crippen LogP contribution is 2.40. The van der Waals surface area contributed by atoms with Gasteiger partial charge in [-0.05, 0) is 54.7 Å². The molecule has 1 N–H and O–H groups in total. The zero-order valence-corrected chi connectivity index (χ0v) is 21.7. The maximum absolute atomic E-state index is 12.6. The fourth-order valence-electron chi connectivity index (χ4n) is 4.21. The monoisotopic (exact) mass is 537 g/mol. The lowest BCUT2D eigenvalue weighted by Crippen LogP contribution is -2.14. The lowest BCUT2D eigenvalue weighted by Gasteiger charge is -2.09. The molecule has 0 radical (unpaired) electrons. The summed E-state index contributed by atoms with van der Waals surface area (Å²) in [5.41, 5.74) is 4.14. The van der Waals surface area contributed by atoms with E-state index in [9.17, 15) is 4.79 Å². The van der Waals surface area contributed by atoms with Crippen LogP contribution in [0.5, 0.6) is 0 Å². The molecule has 1 aliphatic carbocycles. The minimum Gasteiger partial charge on any atom is -0.325 e. The Morgan fingerprint density at radius 1 is 1.03 bits per heavy atom. The third kappa shape index (κ3) is 4.65. The molecule has 3 aromatic heterocycles. The number of fused-ring (bicyclic) bond motifs is 5. The molecule has 1 amide bonds. The van der Waals surface area contributed by atoms with Crippen molar-refractivity contribution in [2.45, 2.75) is 35.3 Å². The van der Waals surface area contributed by atoms with Gasteiger partial charge in [-0.3, -0.25) is 4.79 Å². The summed E-state index contributed by atoms with van der Waals surface area (Å²) in [6.07, 6.45) is 3.34. The summed E-state index contributed by atoms with van der Waals surface area (Å²) in [6.45, 7) is 0. The van der Waals surface area contributed by atoms with Crippen LogP contribution in [0, 0.1) is 0 Å². The number of nitrogens with one attached hydrogen (secondary N) is 1. The van der Waals surface area contributed by atoms with Crippen LogP contribution >= 0.6 is 46.5 Å². The SMILES string of the molecule is O=C(CSc1nnc2c3c4c(sc3nc(SCc3ccccc3)n12)CCC4)Nc1ccc(Cl)cc1. The Bertz CT molecular complexity index is 1530. The van der Waals surface area contributed by atoms with Gasteiger partial charge in [0.25, 0.3) is 0 Å². The fourth-order valence-corrected chi connectivity index (χ4v) is 7.39. The topological polar surface area (TPSA) is 72.2 Å². The fraction of sp³-hybridized carbons (Fsp3) is 0.200. The molecule has 2 aromatic carbocycles. The van der Waals surface area contributed by atoms with Gasteiger partial charge in [0.1, 0.15) is 4.83 Å². The van der Waals surface area contributed by atoms with Crippen LogP contribution in [0.2, 0.25) is 5.02 Å². The molecule has 6 nitrogen and oxygen atoms in total. The van der Waals surface area contributed by atoms with Crippen LogP contribution in [0.4, 0.5) is 5.69 Å². The number of amides is 1. The Labute approximate surface area is 219 Å². The van der Waals surface area contributed by atoms with Crippen LogP contribution in [0.3, 0.4) is 0 Å². The molecule has 0 bridgehead atoms. The number of aromatic nitrogens is 4. The summed E-state index contributed by atoms with van der Waals surface area (Å²) in [6, 6.07) is 17.4. The Morgan fingerprint density at radius 2 is 1.86 bits per heavy atom. The van der Waals surface area contributed by atoms with Crippen molar-refractivity contribution < 1.29 is 4.79 Å². The van der Waals surface area contributed by atoms with Crippen LogP contribution in [0.15, 0.2) is 64.9 Å². The molecule has 3 heterocycles. The molecule has 0 saturated heterocycles. The number of hydrogen-bond donors (Lipinski definition) is 1. The highest BCUT2D eigenvalue weighted by atomic mass is 35.5. The smallest absolute Gasteiger partial charge is 0.234 e. The number of rotatable bonds is 7. The first-order chi connectivity index (χ1) is 17.2. The molecule has 0 spiro atoms. The Balaban J connectivity index is 1.31. The maximum Gasteiger partial charge on any atom is 0.234 e. The van der Waals surface area contributed by atoms with Crippen LogP contribution in [0.1, 0.15) is 22.4 Å². The lowest BCUT2D eigenvalue weighted by atomic mass is 10.2. The maximum atomic E-state index is 12.6. The molecule has 0 unspecified atom stereocenters.